The summed E-state index contributed by atoms with van der Waals surface area (Å²) < 4.78 is 11.1. The molecule has 1 aromatic carbocycles. The van der Waals surface area contributed by atoms with Gasteiger partial charge in [0, 0.05) is 30.9 Å². The molecular formula is C24H25N5O5. The lowest BCUT2D eigenvalue weighted by Gasteiger charge is -2.19. The zero-order valence-corrected chi connectivity index (χ0v) is 19.1. The fourth-order valence-corrected chi connectivity index (χ4v) is 3.49. The number of anilines is 2. The first kappa shape index (κ1) is 23.0. The first-order valence-electron chi connectivity index (χ1n) is 10.7. The molecular weight excluding hydrogens is 438 g/mol. The molecule has 0 radical (unpaired) electrons. The molecule has 176 valence electrons. The van der Waals surface area contributed by atoms with Crippen LogP contribution in [0.25, 0.3) is 11.3 Å². The van der Waals surface area contributed by atoms with Gasteiger partial charge in [-0.2, -0.15) is 0 Å². The standard InChI is InChI=1S/C24H25N5O5/c1-24(2,3)34-23(32)29-22-25-9-7-18(28-22)17-13-27-20(16-8-10-33-19(16)17)26-12-14-5-4-6-15(11-14)21(30)31/h4-7,9,11,13H,8,10,12H2,1-3H3,(H,26,27)(H,30,31)(H,25,28,29,32). The van der Waals surface area contributed by atoms with Crippen LogP contribution in [-0.2, 0) is 17.7 Å². The Kier molecular flexibility index (Phi) is 6.31. The van der Waals surface area contributed by atoms with Crippen LogP contribution in [0.15, 0.2) is 42.7 Å². The number of hydrogen-bond donors (Lipinski definition) is 3. The number of ether oxygens (including phenoxy) is 2. The third-order valence-corrected chi connectivity index (χ3v) is 4.90. The molecule has 3 aromatic rings. The van der Waals surface area contributed by atoms with Gasteiger partial charge in [0.05, 0.1) is 23.4 Å². The van der Waals surface area contributed by atoms with Gasteiger partial charge in [0.15, 0.2) is 0 Å². The molecule has 0 aliphatic carbocycles. The molecule has 34 heavy (non-hydrogen) atoms. The minimum atomic E-state index is -0.969. The van der Waals surface area contributed by atoms with Gasteiger partial charge in [0.1, 0.15) is 17.2 Å². The molecule has 3 N–H and O–H groups in total. The van der Waals surface area contributed by atoms with Crippen LogP contribution in [0.5, 0.6) is 5.75 Å². The molecule has 10 nitrogen and oxygen atoms in total. The molecule has 1 aliphatic rings. The van der Waals surface area contributed by atoms with Crippen molar-refractivity contribution in [3.63, 3.8) is 0 Å². The van der Waals surface area contributed by atoms with E-state index in [4.69, 9.17) is 9.47 Å². The Hall–Kier alpha value is -4.21. The maximum Gasteiger partial charge on any atom is 0.414 e. The van der Waals surface area contributed by atoms with Gasteiger partial charge in [0.25, 0.3) is 0 Å². The predicted molar refractivity (Wildman–Crippen MR) is 125 cm³/mol. The molecule has 4 rings (SSSR count). The van der Waals surface area contributed by atoms with E-state index in [1.165, 1.54) is 6.20 Å². The topological polar surface area (TPSA) is 136 Å². The Balaban J connectivity index is 1.54. The monoisotopic (exact) mass is 463 g/mol. The Morgan fingerprint density at radius 1 is 1.21 bits per heavy atom. The summed E-state index contributed by atoms with van der Waals surface area (Å²) in [7, 11) is 0. The number of carboxylic acids is 1. The number of nitrogens with one attached hydrogen (secondary N) is 2. The van der Waals surface area contributed by atoms with Crippen LogP contribution < -0.4 is 15.4 Å². The third-order valence-electron chi connectivity index (χ3n) is 4.90. The van der Waals surface area contributed by atoms with Crippen LogP contribution in [0.2, 0.25) is 0 Å². The lowest BCUT2D eigenvalue weighted by atomic mass is 10.1. The van der Waals surface area contributed by atoms with E-state index in [0.29, 0.717) is 42.4 Å². The summed E-state index contributed by atoms with van der Waals surface area (Å²) in [5, 5.41) is 15.0. The number of nitrogens with zero attached hydrogens (tertiary/aromatic N) is 3. The summed E-state index contributed by atoms with van der Waals surface area (Å²) in [6.07, 6.45) is 3.22. The number of carbonyl (C=O) groups is 2. The minimum Gasteiger partial charge on any atom is -0.492 e. The van der Waals surface area contributed by atoms with Crippen LogP contribution in [0.3, 0.4) is 0 Å². The lowest BCUT2D eigenvalue weighted by molar-refractivity contribution is 0.0632. The van der Waals surface area contributed by atoms with E-state index < -0.39 is 17.7 Å². The number of fused-ring (bicyclic) bond motifs is 1. The molecule has 0 unspecified atom stereocenters. The van der Waals surface area contributed by atoms with Gasteiger partial charge in [-0.25, -0.2) is 24.5 Å². The second kappa shape index (κ2) is 9.34. The molecule has 1 amide bonds. The molecule has 2 aromatic heterocycles. The van der Waals surface area contributed by atoms with Crippen molar-refractivity contribution >= 4 is 23.8 Å². The average Bonchev–Trinajstić information content (AvgIpc) is 3.26. The Labute approximate surface area is 196 Å². The lowest BCUT2D eigenvalue weighted by Crippen LogP contribution is -2.27. The number of aromatic carboxylic acids is 1. The van der Waals surface area contributed by atoms with E-state index in [1.54, 1.807) is 51.2 Å². The van der Waals surface area contributed by atoms with Crippen molar-refractivity contribution in [2.75, 3.05) is 17.2 Å². The molecule has 0 saturated heterocycles. The van der Waals surface area contributed by atoms with Gasteiger partial charge < -0.3 is 19.9 Å². The van der Waals surface area contributed by atoms with Crippen LogP contribution in [0.1, 0.15) is 42.3 Å². The highest BCUT2D eigenvalue weighted by Crippen LogP contribution is 2.39. The summed E-state index contributed by atoms with van der Waals surface area (Å²) in [4.78, 5) is 36.3. The zero-order chi connectivity index (χ0) is 24.3. The smallest absolute Gasteiger partial charge is 0.414 e. The highest BCUT2D eigenvalue weighted by Gasteiger charge is 2.24. The fraction of sp³-hybridized carbons (Fsp3) is 0.292. The molecule has 3 heterocycles. The maximum atomic E-state index is 12.1. The number of pyridine rings is 1. The maximum absolute atomic E-state index is 12.1. The average molecular weight is 463 g/mol. The fourth-order valence-electron chi connectivity index (χ4n) is 3.49. The van der Waals surface area contributed by atoms with Gasteiger partial charge >= 0.3 is 12.1 Å². The molecule has 1 aliphatic heterocycles. The largest absolute Gasteiger partial charge is 0.492 e. The van der Waals surface area contributed by atoms with Gasteiger partial charge in [0.2, 0.25) is 5.95 Å². The Morgan fingerprint density at radius 3 is 2.79 bits per heavy atom. The van der Waals surface area contributed by atoms with Crippen LogP contribution in [0.4, 0.5) is 16.6 Å². The van der Waals surface area contributed by atoms with E-state index in [1.807, 2.05) is 6.07 Å². The number of carboxylic acid groups (broad SMARTS) is 1. The second-order valence-electron chi connectivity index (χ2n) is 8.68. The van der Waals surface area contributed by atoms with Gasteiger partial charge in [-0.1, -0.05) is 12.1 Å². The van der Waals surface area contributed by atoms with E-state index in [-0.39, 0.29) is 11.5 Å². The molecule has 0 spiro atoms. The first-order valence-corrected chi connectivity index (χ1v) is 10.7. The highest BCUT2D eigenvalue weighted by molar-refractivity contribution is 5.87. The van der Waals surface area contributed by atoms with E-state index in [2.05, 4.69) is 25.6 Å². The summed E-state index contributed by atoms with van der Waals surface area (Å²) in [6, 6.07) is 8.45. The molecule has 0 saturated carbocycles. The van der Waals surface area contributed by atoms with Crippen LogP contribution in [-0.4, -0.2) is 44.3 Å². The second-order valence-corrected chi connectivity index (χ2v) is 8.68. The third kappa shape index (κ3) is 5.40. The van der Waals surface area contributed by atoms with Crippen molar-refractivity contribution in [3.8, 4) is 17.0 Å². The van der Waals surface area contributed by atoms with Crippen molar-refractivity contribution in [2.45, 2.75) is 39.3 Å². The number of aromatic nitrogens is 3. The number of hydrogen-bond acceptors (Lipinski definition) is 8. The van der Waals surface area contributed by atoms with Crippen LogP contribution in [0, 0.1) is 0 Å². The van der Waals surface area contributed by atoms with Gasteiger partial charge in [-0.3, -0.25) is 5.32 Å². The van der Waals surface area contributed by atoms with Crippen molar-refractivity contribution in [1.82, 2.24) is 15.0 Å². The Morgan fingerprint density at radius 2 is 2.03 bits per heavy atom. The number of rotatable bonds is 6. The van der Waals surface area contributed by atoms with Crippen molar-refractivity contribution < 1.29 is 24.2 Å². The number of amides is 1. The SMILES string of the molecule is CC(C)(C)OC(=O)Nc1nccc(-c2cnc(NCc3cccc(C(=O)O)c3)c3c2OCC3)n1. The summed E-state index contributed by atoms with van der Waals surface area (Å²) >= 11 is 0. The number of benzene rings is 1. The quantitative estimate of drug-likeness (QED) is 0.493. The normalized spacial score (nSPS) is 12.4. The van der Waals surface area contributed by atoms with Crippen molar-refractivity contribution in [1.29, 1.82) is 0 Å². The Bertz CT molecular complexity index is 1240. The molecule has 0 bridgehead atoms. The predicted octanol–water partition coefficient (Wildman–Crippen LogP) is 4.13. The van der Waals surface area contributed by atoms with Crippen LogP contribution >= 0.6 is 0 Å². The summed E-state index contributed by atoms with van der Waals surface area (Å²) in [5.74, 6) is 0.472. The van der Waals surface area contributed by atoms with Crippen molar-refractivity contribution in [3.05, 3.63) is 59.4 Å². The molecule has 0 fully saturated rings. The summed E-state index contributed by atoms with van der Waals surface area (Å²) in [6.45, 7) is 6.24. The number of carbonyl (C=O) groups excluding carboxylic acids is 1. The first-order chi connectivity index (χ1) is 16.2. The van der Waals surface area contributed by atoms with Crippen molar-refractivity contribution in [2.24, 2.45) is 0 Å². The van der Waals surface area contributed by atoms with Gasteiger partial charge in [-0.05, 0) is 44.5 Å². The molecule has 0 atom stereocenters. The van der Waals surface area contributed by atoms with E-state index >= 15 is 0 Å². The van der Waals surface area contributed by atoms with E-state index in [9.17, 15) is 14.7 Å². The highest BCUT2D eigenvalue weighted by atomic mass is 16.6. The zero-order valence-electron chi connectivity index (χ0n) is 19.1. The molecule has 10 heteroatoms. The van der Waals surface area contributed by atoms with E-state index in [0.717, 1.165) is 11.1 Å². The van der Waals surface area contributed by atoms with Gasteiger partial charge in [-0.15, -0.1) is 0 Å². The minimum absolute atomic E-state index is 0.110. The summed E-state index contributed by atoms with van der Waals surface area (Å²) in [5.41, 5.74) is 2.56.